The molecule has 0 radical (unpaired) electrons. The number of oxazole rings is 1. The monoisotopic (exact) mass is 387 g/mol. The summed E-state index contributed by atoms with van der Waals surface area (Å²) in [5.41, 5.74) is 6.87. The summed E-state index contributed by atoms with van der Waals surface area (Å²) < 4.78 is 20.6. The number of hydrazine groups is 1. The largest absolute Gasteiger partial charge is 0.451 e. The predicted octanol–water partition coefficient (Wildman–Crippen LogP) is -0.0983. The van der Waals surface area contributed by atoms with Gasteiger partial charge in [-0.3, -0.25) is 9.36 Å². The van der Waals surface area contributed by atoms with Gasteiger partial charge >= 0.3 is 5.69 Å². The Morgan fingerprint density at radius 2 is 2.14 bits per heavy atom. The number of hydrogen-bond donors (Lipinski definition) is 3. The SMILES string of the molecule is O=C(NCc1cocn1)C1CC(n2cnn(Cc3ccc(F)cc3)c2=O)NN1. The molecule has 1 aliphatic rings. The normalized spacial score (nSPS) is 19.0. The predicted molar refractivity (Wildman–Crippen MR) is 94.1 cm³/mol. The number of rotatable bonds is 6. The van der Waals surface area contributed by atoms with Crippen molar-refractivity contribution in [2.75, 3.05) is 0 Å². The fraction of sp³-hybridized carbons (Fsp3) is 0.294. The van der Waals surface area contributed by atoms with E-state index in [1.165, 1.54) is 40.4 Å². The van der Waals surface area contributed by atoms with Crippen molar-refractivity contribution in [2.45, 2.75) is 31.7 Å². The average Bonchev–Trinajstić information content (AvgIpc) is 3.44. The first-order chi connectivity index (χ1) is 13.6. The molecule has 3 aromatic rings. The molecule has 2 aromatic heterocycles. The molecule has 4 rings (SSSR count). The van der Waals surface area contributed by atoms with E-state index in [9.17, 15) is 14.0 Å². The van der Waals surface area contributed by atoms with Crippen LogP contribution in [0, 0.1) is 5.82 Å². The van der Waals surface area contributed by atoms with Crippen molar-refractivity contribution < 1.29 is 13.6 Å². The van der Waals surface area contributed by atoms with Gasteiger partial charge in [0.15, 0.2) is 6.39 Å². The second kappa shape index (κ2) is 7.74. The molecule has 1 fully saturated rings. The molecule has 146 valence electrons. The van der Waals surface area contributed by atoms with Crippen LogP contribution < -0.4 is 21.9 Å². The van der Waals surface area contributed by atoms with Gasteiger partial charge in [-0.05, 0) is 17.7 Å². The maximum absolute atomic E-state index is 13.0. The quantitative estimate of drug-likeness (QED) is 0.540. The molecule has 3 heterocycles. The van der Waals surface area contributed by atoms with Crippen LogP contribution in [-0.2, 0) is 17.9 Å². The van der Waals surface area contributed by atoms with E-state index in [0.717, 1.165) is 5.56 Å². The van der Waals surface area contributed by atoms with Gasteiger partial charge in [-0.15, -0.1) is 0 Å². The Kier molecular flexibility index (Phi) is 5.00. The van der Waals surface area contributed by atoms with Crippen LogP contribution in [0.1, 0.15) is 23.8 Å². The summed E-state index contributed by atoms with van der Waals surface area (Å²) in [6, 6.07) is 5.37. The molecular formula is C17H18FN7O3. The van der Waals surface area contributed by atoms with Gasteiger partial charge < -0.3 is 9.73 Å². The molecular weight excluding hydrogens is 369 g/mol. The number of halogens is 1. The van der Waals surface area contributed by atoms with E-state index in [4.69, 9.17) is 4.42 Å². The molecule has 0 aliphatic carbocycles. The van der Waals surface area contributed by atoms with Gasteiger partial charge in [0.1, 0.15) is 30.6 Å². The van der Waals surface area contributed by atoms with E-state index in [1.54, 1.807) is 12.1 Å². The lowest BCUT2D eigenvalue weighted by Gasteiger charge is -2.09. The highest BCUT2D eigenvalue weighted by molar-refractivity contribution is 5.81. The third-order valence-corrected chi connectivity index (χ3v) is 4.47. The number of nitrogens with one attached hydrogen (secondary N) is 3. The minimum Gasteiger partial charge on any atom is -0.451 e. The minimum absolute atomic E-state index is 0.218. The van der Waals surface area contributed by atoms with E-state index in [2.05, 4.69) is 26.3 Å². The van der Waals surface area contributed by atoms with Crippen molar-refractivity contribution in [3.05, 3.63) is 70.8 Å². The van der Waals surface area contributed by atoms with Crippen LogP contribution in [0.25, 0.3) is 0 Å². The zero-order chi connectivity index (χ0) is 19.5. The van der Waals surface area contributed by atoms with E-state index in [-0.39, 0.29) is 30.5 Å². The first kappa shape index (κ1) is 18.1. The molecule has 0 bridgehead atoms. The molecule has 1 amide bonds. The molecule has 0 saturated carbocycles. The van der Waals surface area contributed by atoms with Crippen molar-refractivity contribution >= 4 is 5.91 Å². The number of carbonyl (C=O) groups excluding carboxylic acids is 1. The zero-order valence-corrected chi connectivity index (χ0v) is 14.7. The Morgan fingerprint density at radius 3 is 2.89 bits per heavy atom. The van der Waals surface area contributed by atoms with Crippen LogP contribution in [0.4, 0.5) is 4.39 Å². The molecule has 0 spiro atoms. The standard InChI is InChI=1S/C17H18FN7O3/c18-12-3-1-11(2-4-12)7-25-17(27)24(9-21-25)15-5-14(22-23-15)16(26)19-6-13-8-28-10-20-13/h1-4,8-10,14-15,22-23H,5-7H2,(H,19,26). The number of benzene rings is 1. The molecule has 1 aliphatic heterocycles. The van der Waals surface area contributed by atoms with Gasteiger partial charge in [0.05, 0.1) is 18.8 Å². The fourth-order valence-corrected chi connectivity index (χ4v) is 2.95. The summed E-state index contributed by atoms with van der Waals surface area (Å²) in [6.45, 7) is 0.488. The zero-order valence-electron chi connectivity index (χ0n) is 14.7. The summed E-state index contributed by atoms with van der Waals surface area (Å²) in [5.74, 6) is -0.555. The van der Waals surface area contributed by atoms with Gasteiger partial charge in [-0.25, -0.2) is 29.7 Å². The number of carbonyl (C=O) groups is 1. The van der Waals surface area contributed by atoms with Crippen LogP contribution >= 0.6 is 0 Å². The Bertz CT molecular complexity index is 997. The molecule has 3 N–H and O–H groups in total. The Labute approximate surface area is 158 Å². The molecule has 2 atom stereocenters. The smallest absolute Gasteiger partial charge is 0.347 e. The highest BCUT2D eigenvalue weighted by Gasteiger charge is 2.31. The third kappa shape index (κ3) is 3.85. The van der Waals surface area contributed by atoms with Crippen LogP contribution in [0.3, 0.4) is 0 Å². The van der Waals surface area contributed by atoms with E-state index < -0.39 is 12.2 Å². The van der Waals surface area contributed by atoms with E-state index >= 15 is 0 Å². The number of nitrogens with zero attached hydrogens (tertiary/aromatic N) is 4. The topological polar surface area (TPSA) is 119 Å². The first-order valence-electron chi connectivity index (χ1n) is 8.64. The lowest BCUT2D eigenvalue weighted by Crippen LogP contribution is -2.43. The average molecular weight is 387 g/mol. The molecule has 1 aromatic carbocycles. The summed E-state index contributed by atoms with van der Waals surface area (Å²) >= 11 is 0. The Hall–Kier alpha value is -3.31. The second-order valence-corrected chi connectivity index (χ2v) is 6.40. The maximum atomic E-state index is 13.0. The molecule has 28 heavy (non-hydrogen) atoms. The fourth-order valence-electron chi connectivity index (χ4n) is 2.95. The van der Waals surface area contributed by atoms with Gasteiger partial charge in [-0.1, -0.05) is 12.1 Å². The van der Waals surface area contributed by atoms with Crippen molar-refractivity contribution in [3.63, 3.8) is 0 Å². The van der Waals surface area contributed by atoms with Crippen molar-refractivity contribution in [3.8, 4) is 0 Å². The summed E-state index contributed by atoms with van der Waals surface area (Å²) in [5, 5.41) is 6.86. The highest BCUT2D eigenvalue weighted by Crippen LogP contribution is 2.14. The summed E-state index contributed by atoms with van der Waals surface area (Å²) in [7, 11) is 0. The van der Waals surface area contributed by atoms with Crippen LogP contribution in [0.15, 0.2) is 52.5 Å². The van der Waals surface area contributed by atoms with Gasteiger partial charge in [-0.2, -0.15) is 5.10 Å². The minimum atomic E-state index is -0.510. The van der Waals surface area contributed by atoms with Gasteiger partial charge in [0, 0.05) is 6.42 Å². The highest BCUT2D eigenvalue weighted by atomic mass is 19.1. The number of hydrogen-bond acceptors (Lipinski definition) is 7. The van der Waals surface area contributed by atoms with E-state index in [0.29, 0.717) is 12.1 Å². The van der Waals surface area contributed by atoms with Crippen molar-refractivity contribution in [1.82, 2.24) is 35.5 Å². The van der Waals surface area contributed by atoms with Crippen LogP contribution in [0.2, 0.25) is 0 Å². The maximum Gasteiger partial charge on any atom is 0.347 e. The molecule has 10 nitrogen and oxygen atoms in total. The lowest BCUT2D eigenvalue weighted by molar-refractivity contribution is -0.123. The number of aromatic nitrogens is 4. The third-order valence-electron chi connectivity index (χ3n) is 4.47. The lowest BCUT2D eigenvalue weighted by atomic mass is 10.2. The van der Waals surface area contributed by atoms with Gasteiger partial charge in [0.2, 0.25) is 5.91 Å². The molecule has 11 heteroatoms. The Morgan fingerprint density at radius 1 is 1.32 bits per heavy atom. The Balaban J connectivity index is 1.37. The van der Waals surface area contributed by atoms with E-state index in [1.807, 2.05) is 0 Å². The second-order valence-electron chi connectivity index (χ2n) is 6.40. The summed E-state index contributed by atoms with van der Waals surface area (Å²) in [6.07, 6.45) is 4.12. The van der Waals surface area contributed by atoms with Crippen molar-refractivity contribution in [1.29, 1.82) is 0 Å². The van der Waals surface area contributed by atoms with Crippen LogP contribution in [-0.4, -0.2) is 31.3 Å². The van der Waals surface area contributed by atoms with Crippen molar-refractivity contribution in [2.24, 2.45) is 0 Å². The molecule has 1 saturated heterocycles. The summed E-state index contributed by atoms with van der Waals surface area (Å²) in [4.78, 5) is 28.8. The van der Waals surface area contributed by atoms with Crippen LogP contribution in [0.5, 0.6) is 0 Å². The molecule has 2 unspecified atom stereocenters. The van der Waals surface area contributed by atoms with Gasteiger partial charge in [0.25, 0.3) is 0 Å². The first-order valence-corrected chi connectivity index (χ1v) is 8.64. The number of amides is 1.